The quantitative estimate of drug-likeness (QED) is 0.686. The molecule has 2 amide bonds. The van der Waals surface area contributed by atoms with Crippen LogP contribution in [0, 0.1) is 0 Å². The summed E-state index contributed by atoms with van der Waals surface area (Å²) in [6.45, 7) is 0. The summed E-state index contributed by atoms with van der Waals surface area (Å²) in [6.07, 6.45) is 4.32. The minimum absolute atomic E-state index is 0.249. The molecule has 1 aliphatic rings. The Kier molecular flexibility index (Phi) is 1.98. The van der Waals surface area contributed by atoms with Crippen molar-refractivity contribution in [2.45, 2.75) is 0 Å². The highest BCUT2D eigenvalue weighted by Crippen LogP contribution is 2.25. The lowest BCUT2D eigenvalue weighted by Crippen LogP contribution is -2.30. The monoisotopic (exact) mass is 225 g/mol. The summed E-state index contributed by atoms with van der Waals surface area (Å²) < 4.78 is 0. The number of rotatable bonds is 1. The third-order valence-corrected chi connectivity index (χ3v) is 2.57. The van der Waals surface area contributed by atoms with Crippen molar-refractivity contribution in [3.63, 3.8) is 0 Å². The molecule has 0 N–H and O–H groups in total. The first kappa shape index (κ1) is 9.65. The molecule has 0 saturated carbocycles. The van der Waals surface area contributed by atoms with Gasteiger partial charge in [-0.1, -0.05) is 12.1 Å². The smallest absolute Gasteiger partial charge is 0.267 e. The van der Waals surface area contributed by atoms with E-state index >= 15 is 0 Å². The number of fused-ring (bicyclic) bond motifs is 1. The highest BCUT2D eigenvalue weighted by atomic mass is 16.2. The first-order valence-corrected chi connectivity index (χ1v) is 5.03. The zero-order chi connectivity index (χ0) is 11.8. The van der Waals surface area contributed by atoms with Crippen molar-refractivity contribution in [3.8, 4) is 0 Å². The molecule has 1 aromatic carbocycles. The molecular formula is C12H7N3O2. The highest BCUT2D eigenvalue weighted by molar-refractivity contribution is 6.34. The maximum absolute atomic E-state index is 12.0. The predicted molar refractivity (Wildman–Crippen MR) is 59.6 cm³/mol. The van der Waals surface area contributed by atoms with Gasteiger partial charge in [-0.3, -0.25) is 14.6 Å². The van der Waals surface area contributed by atoms with Crippen molar-refractivity contribution in [1.82, 2.24) is 9.97 Å². The number of anilines is 1. The van der Waals surface area contributed by atoms with Gasteiger partial charge in [0.2, 0.25) is 0 Å². The molecule has 3 rings (SSSR count). The Labute approximate surface area is 96.7 Å². The van der Waals surface area contributed by atoms with E-state index in [0.717, 1.165) is 4.90 Å². The zero-order valence-corrected chi connectivity index (χ0v) is 8.70. The molecule has 2 heterocycles. The van der Waals surface area contributed by atoms with Crippen molar-refractivity contribution in [1.29, 1.82) is 0 Å². The van der Waals surface area contributed by atoms with E-state index in [1.165, 1.54) is 18.6 Å². The molecule has 0 unspecified atom stereocenters. The van der Waals surface area contributed by atoms with Crippen LogP contribution in [0.15, 0.2) is 42.9 Å². The minimum Gasteiger partial charge on any atom is -0.268 e. The van der Waals surface area contributed by atoms with E-state index in [2.05, 4.69) is 9.97 Å². The van der Waals surface area contributed by atoms with Gasteiger partial charge in [-0.05, 0) is 12.1 Å². The SMILES string of the molecule is O=C1c2ccccc2C(=O)N1c1cnccn1. The van der Waals surface area contributed by atoms with Crippen molar-refractivity contribution in [2.24, 2.45) is 0 Å². The van der Waals surface area contributed by atoms with Crippen molar-refractivity contribution in [2.75, 3.05) is 4.90 Å². The summed E-state index contributed by atoms with van der Waals surface area (Å²) in [7, 11) is 0. The van der Waals surface area contributed by atoms with Crippen LogP contribution in [0.4, 0.5) is 5.82 Å². The number of imide groups is 1. The second-order valence-electron chi connectivity index (χ2n) is 3.55. The number of carbonyl (C=O) groups is 2. The maximum Gasteiger partial charge on any atom is 0.267 e. The summed E-state index contributed by atoms with van der Waals surface area (Å²) in [5, 5.41) is 0. The Morgan fingerprint density at radius 2 is 1.59 bits per heavy atom. The standard InChI is InChI=1S/C12H7N3O2/c16-11-8-3-1-2-4-9(8)12(17)15(11)10-7-13-5-6-14-10/h1-7H. The molecular weight excluding hydrogens is 218 g/mol. The van der Waals surface area contributed by atoms with Gasteiger partial charge in [0.15, 0.2) is 5.82 Å². The van der Waals surface area contributed by atoms with Gasteiger partial charge in [0.25, 0.3) is 11.8 Å². The number of hydrogen-bond donors (Lipinski definition) is 0. The van der Waals surface area contributed by atoms with E-state index < -0.39 is 0 Å². The lowest BCUT2D eigenvalue weighted by atomic mass is 10.1. The third kappa shape index (κ3) is 1.32. The Hall–Kier alpha value is -2.56. The van der Waals surface area contributed by atoms with E-state index in [-0.39, 0.29) is 17.6 Å². The van der Waals surface area contributed by atoms with Crippen LogP contribution in [0.1, 0.15) is 20.7 Å². The zero-order valence-electron chi connectivity index (χ0n) is 8.70. The average molecular weight is 225 g/mol. The van der Waals surface area contributed by atoms with E-state index in [1.807, 2.05) is 0 Å². The topological polar surface area (TPSA) is 63.2 Å². The average Bonchev–Trinajstić information content (AvgIpc) is 2.64. The second kappa shape index (κ2) is 3.48. The van der Waals surface area contributed by atoms with Gasteiger partial charge in [0.1, 0.15) is 0 Å². The predicted octanol–water partition coefficient (Wildman–Crippen LogP) is 1.28. The van der Waals surface area contributed by atoms with Crippen molar-refractivity contribution >= 4 is 17.6 Å². The summed E-state index contributed by atoms with van der Waals surface area (Å²) in [5.41, 5.74) is 0.811. The van der Waals surface area contributed by atoms with Crippen LogP contribution in [-0.2, 0) is 0 Å². The Morgan fingerprint density at radius 1 is 0.941 bits per heavy atom. The Bertz CT molecular complexity index is 575. The molecule has 0 aliphatic carbocycles. The lowest BCUT2D eigenvalue weighted by Gasteiger charge is -2.10. The van der Waals surface area contributed by atoms with Gasteiger partial charge in [-0.15, -0.1) is 0 Å². The number of nitrogens with zero attached hydrogens (tertiary/aromatic N) is 3. The fourth-order valence-electron chi connectivity index (χ4n) is 1.80. The third-order valence-electron chi connectivity index (χ3n) is 2.57. The van der Waals surface area contributed by atoms with Gasteiger partial charge in [0.05, 0.1) is 17.3 Å². The van der Waals surface area contributed by atoms with Gasteiger partial charge in [-0.25, -0.2) is 9.88 Å². The molecule has 82 valence electrons. The number of amides is 2. The fraction of sp³-hybridized carbons (Fsp3) is 0. The molecule has 0 saturated heterocycles. The minimum atomic E-state index is -0.355. The van der Waals surface area contributed by atoms with Crippen LogP contribution in [0.2, 0.25) is 0 Å². The molecule has 5 heteroatoms. The number of benzene rings is 1. The molecule has 0 bridgehead atoms. The summed E-state index contributed by atoms with van der Waals surface area (Å²) in [5.74, 6) is -0.462. The molecule has 1 aromatic heterocycles. The van der Waals surface area contributed by atoms with E-state index in [1.54, 1.807) is 24.3 Å². The largest absolute Gasteiger partial charge is 0.268 e. The molecule has 0 spiro atoms. The van der Waals surface area contributed by atoms with Gasteiger partial charge < -0.3 is 0 Å². The van der Waals surface area contributed by atoms with Crippen molar-refractivity contribution < 1.29 is 9.59 Å². The number of aromatic nitrogens is 2. The molecule has 0 fully saturated rings. The highest BCUT2D eigenvalue weighted by Gasteiger charge is 2.36. The molecule has 17 heavy (non-hydrogen) atoms. The number of carbonyl (C=O) groups excluding carboxylic acids is 2. The van der Waals surface area contributed by atoms with E-state index in [9.17, 15) is 9.59 Å². The Balaban J connectivity index is 2.13. The first-order valence-electron chi connectivity index (χ1n) is 5.03. The molecule has 2 aromatic rings. The Morgan fingerprint density at radius 3 is 2.12 bits per heavy atom. The second-order valence-corrected chi connectivity index (χ2v) is 3.55. The van der Waals surface area contributed by atoms with Crippen LogP contribution in [0.5, 0.6) is 0 Å². The van der Waals surface area contributed by atoms with Crippen molar-refractivity contribution in [3.05, 3.63) is 54.0 Å². The fourth-order valence-corrected chi connectivity index (χ4v) is 1.80. The van der Waals surface area contributed by atoms with Crippen LogP contribution in [-0.4, -0.2) is 21.8 Å². The van der Waals surface area contributed by atoms with Crippen LogP contribution in [0.3, 0.4) is 0 Å². The molecule has 5 nitrogen and oxygen atoms in total. The van der Waals surface area contributed by atoms with Crippen LogP contribution >= 0.6 is 0 Å². The lowest BCUT2D eigenvalue weighted by molar-refractivity contribution is 0.0925. The summed E-state index contributed by atoms with van der Waals surface area (Å²) in [6, 6.07) is 6.71. The van der Waals surface area contributed by atoms with E-state index in [4.69, 9.17) is 0 Å². The van der Waals surface area contributed by atoms with Gasteiger partial charge in [-0.2, -0.15) is 0 Å². The van der Waals surface area contributed by atoms with Gasteiger partial charge >= 0.3 is 0 Å². The summed E-state index contributed by atoms with van der Waals surface area (Å²) in [4.78, 5) is 32.9. The van der Waals surface area contributed by atoms with Crippen LogP contribution < -0.4 is 4.90 Å². The number of hydrogen-bond acceptors (Lipinski definition) is 4. The van der Waals surface area contributed by atoms with E-state index in [0.29, 0.717) is 11.1 Å². The normalized spacial score (nSPS) is 14.0. The van der Waals surface area contributed by atoms with Crippen LogP contribution in [0.25, 0.3) is 0 Å². The first-order chi connectivity index (χ1) is 8.29. The molecule has 1 aliphatic heterocycles. The van der Waals surface area contributed by atoms with Gasteiger partial charge in [0, 0.05) is 12.4 Å². The molecule has 0 atom stereocenters. The maximum atomic E-state index is 12.0. The molecule has 0 radical (unpaired) electrons. The summed E-state index contributed by atoms with van der Waals surface area (Å²) >= 11 is 0.